The molecule has 0 rings (SSSR count). The first-order chi connectivity index (χ1) is 4.77. The van der Waals surface area contributed by atoms with E-state index in [1.54, 1.807) is 0 Å². The fourth-order valence-electron chi connectivity index (χ4n) is 0.739. The van der Waals surface area contributed by atoms with Gasteiger partial charge in [0.15, 0.2) is 0 Å². The number of rotatable bonds is 4. The fraction of sp³-hybridized carbons (Fsp3) is 0.625. The number of hydrogen-bond donors (Lipinski definition) is 0. The van der Waals surface area contributed by atoms with Crippen molar-refractivity contribution in [3.8, 4) is 6.07 Å². The zero-order valence-electron chi connectivity index (χ0n) is 6.85. The Morgan fingerprint density at radius 1 is 1.60 bits per heavy atom. The summed E-state index contributed by atoms with van der Waals surface area (Å²) in [6, 6.07) is 3.45. The maximum Gasteiger partial charge on any atom is 0.0621 e. The summed E-state index contributed by atoms with van der Waals surface area (Å²) in [6.45, 7) is 4.27. The monoisotopic (exact) mass is 153 g/mol. The molecule has 0 unspecified atom stereocenters. The summed E-state index contributed by atoms with van der Waals surface area (Å²) in [5.41, 5.74) is 3.79. The molecule has 0 amide bonds. The highest BCUT2D eigenvalue weighted by atomic mass is 28.2. The highest BCUT2D eigenvalue weighted by molar-refractivity contribution is 6.42. The Labute approximate surface area is 65.6 Å². The normalized spacial score (nSPS) is 9.70. The molecule has 10 heavy (non-hydrogen) atoms. The predicted molar refractivity (Wildman–Crippen MR) is 47.6 cm³/mol. The first kappa shape index (κ1) is 9.45. The third kappa shape index (κ3) is 7.45. The van der Waals surface area contributed by atoms with Crippen molar-refractivity contribution < 1.29 is 0 Å². The van der Waals surface area contributed by atoms with Gasteiger partial charge in [0.2, 0.25) is 0 Å². The minimum absolute atomic E-state index is 0.0304. The molecule has 0 aliphatic carbocycles. The lowest BCUT2D eigenvalue weighted by Gasteiger charge is -1.90. The van der Waals surface area contributed by atoms with Gasteiger partial charge in [-0.15, -0.1) is 5.70 Å². The van der Waals surface area contributed by atoms with E-state index in [4.69, 9.17) is 5.26 Å². The summed E-state index contributed by atoms with van der Waals surface area (Å²) in [7, 11) is 0.0304. The maximum atomic E-state index is 8.22. The first-order valence-electron chi connectivity index (χ1n) is 3.77. The van der Waals surface area contributed by atoms with Crippen LogP contribution in [0.1, 0.15) is 26.7 Å². The number of nitrogens with zero attached hydrogens (tertiary/aromatic N) is 1. The Kier molecular flexibility index (Phi) is 6.20. The van der Waals surface area contributed by atoms with E-state index in [-0.39, 0.29) is 9.52 Å². The largest absolute Gasteiger partial charge is 0.198 e. The van der Waals surface area contributed by atoms with Crippen molar-refractivity contribution >= 4 is 9.52 Å². The molecule has 0 radical (unpaired) electrons. The van der Waals surface area contributed by atoms with Crippen molar-refractivity contribution in [3.63, 3.8) is 0 Å². The van der Waals surface area contributed by atoms with Crippen LogP contribution in [0.2, 0.25) is 6.04 Å². The zero-order valence-corrected chi connectivity index (χ0v) is 8.27. The molecule has 0 N–H and O–H groups in total. The Hall–Kier alpha value is -0.553. The third-order valence-corrected chi connectivity index (χ3v) is 3.31. The molecule has 1 nitrogen and oxygen atoms in total. The maximum absolute atomic E-state index is 8.22. The minimum Gasteiger partial charge on any atom is -0.198 e. The van der Waals surface area contributed by atoms with Gasteiger partial charge in [-0.3, -0.25) is 0 Å². The lowest BCUT2D eigenvalue weighted by Crippen LogP contribution is -1.84. The number of unbranched alkanes of at least 4 members (excludes halogenated alkanes) is 1. The van der Waals surface area contributed by atoms with Crippen LogP contribution in [0.15, 0.2) is 11.3 Å². The van der Waals surface area contributed by atoms with Crippen molar-refractivity contribution in [3.05, 3.63) is 11.3 Å². The van der Waals surface area contributed by atoms with E-state index in [1.165, 1.54) is 11.6 Å². The SMILES string of the molecule is CC(C)=C[SiH2]CCCC#N. The molecule has 0 aliphatic rings. The van der Waals surface area contributed by atoms with E-state index < -0.39 is 0 Å². The molecule has 0 aromatic rings. The third-order valence-electron chi connectivity index (χ3n) is 1.30. The van der Waals surface area contributed by atoms with Crippen molar-refractivity contribution in [2.75, 3.05) is 0 Å². The molecule has 0 aromatic carbocycles. The Balaban J connectivity index is 3.07. The first-order valence-corrected chi connectivity index (χ1v) is 5.59. The van der Waals surface area contributed by atoms with E-state index in [0.717, 1.165) is 12.8 Å². The molecular formula is C8H15NSi. The lowest BCUT2D eigenvalue weighted by molar-refractivity contribution is 0.961. The van der Waals surface area contributed by atoms with Gasteiger partial charge in [0.05, 0.1) is 6.07 Å². The molecule has 0 fully saturated rings. The molecule has 0 atom stereocenters. The van der Waals surface area contributed by atoms with Gasteiger partial charge in [-0.25, -0.2) is 0 Å². The average Bonchev–Trinajstić information content (AvgIpc) is 1.87. The van der Waals surface area contributed by atoms with E-state index in [9.17, 15) is 0 Å². The van der Waals surface area contributed by atoms with Crippen LogP contribution in [-0.2, 0) is 0 Å². The van der Waals surface area contributed by atoms with Crippen LogP contribution >= 0.6 is 0 Å². The van der Waals surface area contributed by atoms with Gasteiger partial charge in [0.1, 0.15) is 0 Å². The van der Waals surface area contributed by atoms with Gasteiger partial charge in [-0.1, -0.05) is 11.6 Å². The smallest absolute Gasteiger partial charge is 0.0621 e. The second-order valence-corrected chi connectivity index (χ2v) is 4.38. The Morgan fingerprint density at radius 3 is 2.80 bits per heavy atom. The molecule has 0 bridgehead atoms. The van der Waals surface area contributed by atoms with Crippen LogP contribution < -0.4 is 0 Å². The van der Waals surface area contributed by atoms with E-state index in [1.807, 2.05) is 0 Å². The summed E-state index contributed by atoms with van der Waals surface area (Å²) in [4.78, 5) is 0. The number of nitriles is 1. The van der Waals surface area contributed by atoms with Crippen molar-refractivity contribution in [1.82, 2.24) is 0 Å². The number of allylic oxidation sites excluding steroid dienone is 1. The summed E-state index contributed by atoms with van der Waals surface area (Å²) >= 11 is 0. The van der Waals surface area contributed by atoms with Crippen molar-refractivity contribution in [2.24, 2.45) is 0 Å². The highest BCUT2D eigenvalue weighted by Gasteiger charge is 1.85. The van der Waals surface area contributed by atoms with Crippen LogP contribution in [0, 0.1) is 11.3 Å². The molecule has 0 aromatic heterocycles. The van der Waals surface area contributed by atoms with Gasteiger partial charge >= 0.3 is 0 Å². The molecule has 0 saturated carbocycles. The molecule has 0 heterocycles. The second kappa shape index (κ2) is 6.57. The van der Waals surface area contributed by atoms with Gasteiger partial charge in [0.25, 0.3) is 0 Å². The average molecular weight is 153 g/mol. The minimum atomic E-state index is 0.0304. The predicted octanol–water partition coefficient (Wildman–Crippen LogP) is 1.80. The standard InChI is InChI=1S/C8H15NSi/c1-8(2)7-10-6-4-3-5-9/h7H,3-4,6,10H2,1-2H3. The van der Waals surface area contributed by atoms with E-state index in [2.05, 4.69) is 25.6 Å². The van der Waals surface area contributed by atoms with Gasteiger partial charge in [-0.2, -0.15) is 5.26 Å². The van der Waals surface area contributed by atoms with Crippen LogP contribution in [0.5, 0.6) is 0 Å². The Morgan fingerprint density at radius 2 is 2.30 bits per heavy atom. The van der Waals surface area contributed by atoms with Crippen LogP contribution in [0.3, 0.4) is 0 Å². The zero-order chi connectivity index (χ0) is 7.82. The van der Waals surface area contributed by atoms with E-state index in [0.29, 0.717) is 0 Å². The molecule has 0 saturated heterocycles. The summed E-state index contributed by atoms with van der Waals surface area (Å²) in [5, 5.41) is 8.22. The quantitative estimate of drug-likeness (QED) is 0.446. The van der Waals surface area contributed by atoms with Crippen molar-refractivity contribution in [1.29, 1.82) is 5.26 Å². The van der Waals surface area contributed by atoms with Crippen LogP contribution in [0.4, 0.5) is 0 Å². The fourth-order valence-corrected chi connectivity index (χ4v) is 2.06. The Bertz CT molecular complexity index is 140. The van der Waals surface area contributed by atoms with Crippen molar-refractivity contribution in [2.45, 2.75) is 32.7 Å². The van der Waals surface area contributed by atoms with E-state index >= 15 is 0 Å². The molecule has 0 aliphatic heterocycles. The number of hydrogen-bond acceptors (Lipinski definition) is 1. The molecule has 0 spiro atoms. The topological polar surface area (TPSA) is 23.8 Å². The molecule has 2 heteroatoms. The van der Waals surface area contributed by atoms with Gasteiger partial charge < -0.3 is 0 Å². The summed E-state index contributed by atoms with van der Waals surface area (Å²) in [6.07, 6.45) is 1.84. The van der Waals surface area contributed by atoms with Gasteiger partial charge in [-0.05, 0) is 20.3 Å². The van der Waals surface area contributed by atoms with Gasteiger partial charge in [0, 0.05) is 15.9 Å². The van der Waals surface area contributed by atoms with Crippen LogP contribution in [-0.4, -0.2) is 9.52 Å². The van der Waals surface area contributed by atoms with Crippen LogP contribution in [0.25, 0.3) is 0 Å². The lowest BCUT2D eigenvalue weighted by atomic mass is 10.4. The second-order valence-electron chi connectivity index (χ2n) is 2.69. The summed E-state index contributed by atoms with van der Waals surface area (Å²) < 4.78 is 0. The highest BCUT2D eigenvalue weighted by Crippen LogP contribution is 1.95. The molecule has 56 valence electrons. The summed E-state index contributed by atoms with van der Waals surface area (Å²) in [5.74, 6) is 0. The molecular weight excluding hydrogens is 138 g/mol.